The van der Waals surface area contributed by atoms with E-state index in [2.05, 4.69) is 4.98 Å². The van der Waals surface area contributed by atoms with E-state index in [1.165, 1.54) is 0 Å². The number of carbonyl (C=O) groups is 1. The molecule has 2 saturated heterocycles. The van der Waals surface area contributed by atoms with Gasteiger partial charge < -0.3 is 19.1 Å². The summed E-state index contributed by atoms with van der Waals surface area (Å²) < 4.78 is 12.1. The number of hydrogen-bond donors (Lipinski definition) is 0. The van der Waals surface area contributed by atoms with Gasteiger partial charge in [-0.15, -0.1) is 0 Å². The third-order valence-electron chi connectivity index (χ3n) is 5.08. The van der Waals surface area contributed by atoms with Crippen LogP contribution in [-0.4, -0.2) is 60.8 Å². The van der Waals surface area contributed by atoms with E-state index >= 15 is 0 Å². The molecule has 2 fully saturated rings. The molecule has 7 heteroatoms. The molecule has 1 amide bonds. The minimum Gasteiger partial charge on any atom is -0.399 e. The van der Waals surface area contributed by atoms with E-state index < -0.39 is 7.12 Å². The highest BCUT2D eigenvalue weighted by molar-refractivity contribution is 6.62. The standard InChI is InChI=1S/C16H24BN3O3/c1-15(2)16(3,4)23-17(22-15)12-6-7-13(18-10-12)20-9-8-19(5)14(21)11-20/h6-7,10H,8-9,11H2,1-5H3. The van der Waals surface area contributed by atoms with Crippen LogP contribution in [0.1, 0.15) is 27.7 Å². The van der Waals surface area contributed by atoms with Gasteiger partial charge in [0.15, 0.2) is 0 Å². The van der Waals surface area contributed by atoms with Gasteiger partial charge in [-0.05, 0) is 33.8 Å². The minimum atomic E-state index is -0.407. The van der Waals surface area contributed by atoms with Gasteiger partial charge in [0.05, 0.1) is 17.7 Å². The second kappa shape index (κ2) is 5.49. The molecule has 0 aliphatic carbocycles. The number of hydrogen-bond acceptors (Lipinski definition) is 5. The van der Waals surface area contributed by atoms with Gasteiger partial charge in [-0.3, -0.25) is 4.79 Å². The molecule has 0 radical (unpaired) electrons. The average Bonchev–Trinajstić information content (AvgIpc) is 2.71. The molecule has 0 aromatic carbocycles. The Bertz CT molecular complexity index is 587. The van der Waals surface area contributed by atoms with Gasteiger partial charge in [0.1, 0.15) is 5.82 Å². The van der Waals surface area contributed by atoms with Crippen LogP contribution in [-0.2, 0) is 14.1 Å². The van der Waals surface area contributed by atoms with Gasteiger partial charge in [-0.1, -0.05) is 6.07 Å². The Hall–Kier alpha value is -1.60. The van der Waals surface area contributed by atoms with Gasteiger partial charge in [-0.2, -0.15) is 0 Å². The number of likely N-dealkylation sites (N-methyl/N-ethyl adjacent to an activating group) is 1. The first-order valence-corrected chi connectivity index (χ1v) is 8.00. The molecule has 1 aromatic heterocycles. The van der Waals surface area contributed by atoms with E-state index in [1.54, 1.807) is 11.1 Å². The monoisotopic (exact) mass is 317 g/mol. The largest absolute Gasteiger partial charge is 0.496 e. The highest BCUT2D eigenvalue weighted by Gasteiger charge is 2.51. The lowest BCUT2D eigenvalue weighted by molar-refractivity contribution is -0.129. The molecule has 0 bridgehead atoms. The molecule has 0 N–H and O–H groups in total. The summed E-state index contributed by atoms with van der Waals surface area (Å²) >= 11 is 0. The second-order valence-corrected chi connectivity index (χ2v) is 7.27. The summed E-state index contributed by atoms with van der Waals surface area (Å²) in [4.78, 5) is 20.1. The molecule has 1 aromatic rings. The zero-order valence-electron chi connectivity index (χ0n) is 14.5. The van der Waals surface area contributed by atoms with Crippen LogP contribution in [0.15, 0.2) is 18.3 Å². The lowest BCUT2D eigenvalue weighted by atomic mass is 9.80. The summed E-state index contributed by atoms with van der Waals surface area (Å²) in [5, 5.41) is 0. The third kappa shape index (κ3) is 2.95. The molecule has 6 nitrogen and oxygen atoms in total. The summed E-state index contributed by atoms with van der Waals surface area (Å²) in [6.45, 7) is 10.0. The maximum absolute atomic E-state index is 11.8. The quantitative estimate of drug-likeness (QED) is 0.750. The number of amides is 1. The molecular formula is C16H24BN3O3. The van der Waals surface area contributed by atoms with Crippen LogP contribution in [0, 0.1) is 0 Å². The highest BCUT2D eigenvalue weighted by Crippen LogP contribution is 2.36. The number of pyridine rings is 1. The van der Waals surface area contributed by atoms with Crippen LogP contribution in [0.25, 0.3) is 0 Å². The predicted molar refractivity (Wildman–Crippen MR) is 89.8 cm³/mol. The maximum atomic E-state index is 11.8. The number of piperazine rings is 1. The van der Waals surface area contributed by atoms with Crippen LogP contribution in [0.5, 0.6) is 0 Å². The Morgan fingerprint density at radius 2 is 1.78 bits per heavy atom. The normalized spacial score (nSPS) is 23.5. The van der Waals surface area contributed by atoms with Gasteiger partial charge in [0.25, 0.3) is 0 Å². The van der Waals surface area contributed by atoms with Crippen molar-refractivity contribution in [2.75, 3.05) is 31.6 Å². The van der Waals surface area contributed by atoms with Crippen molar-refractivity contribution in [3.05, 3.63) is 18.3 Å². The fourth-order valence-electron chi connectivity index (χ4n) is 2.66. The topological polar surface area (TPSA) is 54.9 Å². The molecular weight excluding hydrogens is 293 g/mol. The third-order valence-corrected chi connectivity index (χ3v) is 5.08. The molecule has 0 spiro atoms. The van der Waals surface area contributed by atoms with E-state index in [-0.39, 0.29) is 17.1 Å². The SMILES string of the molecule is CN1CCN(c2ccc(B3OC(C)(C)C(C)(C)O3)cn2)CC1=O. The Morgan fingerprint density at radius 1 is 1.13 bits per heavy atom. The van der Waals surface area contributed by atoms with Crippen molar-refractivity contribution in [2.24, 2.45) is 0 Å². The van der Waals surface area contributed by atoms with Gasteiger partial charge in [-0.25, -0.2) is 4.98 Å². The van der Waals surface area contributed by atoms with Gasteiger partial charge in [0.2, 0.25) is 5.91 Å². The maximum Gasteiger partial charge on any atom is 0.496 e. The van der Waals surface area contributed by atoms with Crippen molar-refractivity contribution in [1.29, 1.82) is 0 Å². The Labute approximate surface area is 137 Å². The highest BCUT2D eigenvalue weighted by atomic mass is 16.7. The first kappa shape index (κ1) is 16.3. The zero-order valence-corrected chi connectivity index (χ0v) is 14.5. The van der Waals surface area contributed by atoms with Crippen LogP contribution in [0.4, 0.5) is 5.82 Å². The Kier molecular flexibility index (Phi) is 3.88. The Balaban J connectivity index is 1.72. The summed E-state index contributed by atoms with van der Waals surface area (Å²) in [6, 6.07) is 3.90. The van der Waals surface area contributed by atoms with Crippen molar-refractivity contribution in [1.82, 2.24) is 9.88 Å². The average molecular weight is 317 g/mol. The fraction of sp³-hybridized carbons (Fsp3) is 0.625. The van der Waals surface area contributed by atoms with E-state index in [9.17, 15) is 4.79 Å². The van der Waals surface area contributed by atoms with Crippen molar-refractivity contribution < 1.29 is 14.1 Å². The van der Waals surface area contributed by atoms with Crippen LogP contribution in [0.3, 0.4) is 0 Å². The smallest absolute Gasteiger partial charge is 0.399 e. The molecule has 0 atom stereocenters. The van der Waals surface area contributed by atoms with Crippen LogP contribution in [0.2, 0.25) is 0 Å². The lowest BCUT2D eigenvalue weighted by Gasteiger charge is -2.32. The summed E-state index contributed by atoms with van der Waals surface area (Å²) in [6.07, 6.45) is 1.78. The van der Waals surface area contributed by atoms with Crippen molar-refractivity contribution >= 4 is 24.3 Å². The number of anilines is 1. The fourth-order valence-corrected chi connectivity index (χ4v) is 2.66. The first-order chi connectivity index (χ1) is 10.7. The van der Waals surface area contributed by atoms with E-state index in [4.69, 9.17) is 9.31 Å². The van der Waals surface area contributed by atoms with E-state index in [0.717, 1.165) is 24.4 Å². The van der Waals surface area contributed by atoms with Gasteiger partial charge >= 0.3 is 7.12 Å². The van der Waals surface area contributed by atoms with Crippen LogP contribution < -0.4 is 10.4 Å². The molecule has 3 heterocycles. The first-order valence-electron chi connectivity index (χ1n) is 8.00. The van der Waals surface area contributed by atoms with Crippen molar-refractivity contribution in [3.63, 3.8) is 0 Å². The Morgan fingerprint density at radius 3 is 2.30 bits per heavy atom. The molecule has 0 saturated carbocycles. The molecule has 23 heavy (non-hydrogen) atoms. The lowest BCUT2D eigenvalue weighted by Crippen LogP contribution is -2.49. The number of nitrogens with zero attached hydrogens (tertiary/aromatic N) is 3. The summed E-state index contributed by atoms with van der Waals surface area (Å²) in [5.41, 5.74) is 0.174. The predicted octanol–water partition coefficient (Wildman–Crippen LogP) is 0.659. The van der Waals surface area contributed by atoms with Crippen LogP contribution >= 0.6 is 0 Å². The number of aromatic nitrogens is 1. The molecule has 2 aliphatic heterocycles. The number of rotatable bonds is 2. The van der Waals surface area contributed by atoms with Gasteiger partial charge in [0, 0.05) is 31.8 Å². The van der Waals surface area contributed by atoms with E-state index in [1.807, 2.05) is 51.8 Å². The molecule has 124 valence electrons. The van der Waals surface area contributed by atoms with Crippen molar-refractivity contribution in [2.45, 2.75) is 38.9 Å². The molecule has 0 unspecified atom stereocenters. The summed E-state index contributed by atoms with van der Waals surface area (Å²) in [7, 11) is 1.42. The van der Waals surface area contributed by atoms with E-state index in [0.29, 0.717) is 6.54 Å². The number of carbonyl (C=O) groups excluding carboxylic acids is 1. The minimum absolute atomic E-state index is 0.119. The second-order valence-electron chi connectivity index (χ2n) is 7.27. The zero-order chi connectivity index (χ0) is 16.8. The molecule has 3 rings (SSSR count). The molecule has 2 aliphatic rings. The summed E-state index contributed by atoms with van der Waals surface area (Å²) in [5.74, 6) is 0.930. The van der Waals surface area contributed by atoms with Crippen molar-refractivity contribution in [3.8, 4) is 0 Å².